The second-order valence-corrected chi connectivity index (χ2v) is 12.8. The van der Waals surface area contributed by atoms with E-state index < -0.39 is 35.5 Å². The average molecular weight is 818 g/mol. The summed E-state index contributed by atoms with van der Waals surface area (Å²) < 4.78 is 21.0. The lowest BCUT2D eigenvalue weighted by molar-refractivity contribution is -0.127. The molecule has 2 N–H and O–H groups in total. The van der Waals surface area contributed by atoms with Gasteiger partial charge in [0.2, 0.25) is 12.1 Å². The molecule has 18 heteroatoms. The highest BCUT2D eigenvalue weighted by Crippen LogP contribution is 2.38. The Morgan fingerprint density at radius 1 is 0.519 bits per heavy atom. The zero-order valence-corrected chi connectivity index (χ0v) is 32.5. The number of azo groups is 2. The summed E-state index contributed by atoms with van der Waals surface area (Å²) >= 11 is 25.3. The SMILES string of the molecule is COc1cc(NC(=O)[C@H](N=Nc2ccc(-c3ccc(N=N[C@H](C(C)=O)C(=O)Nc4cc(OC)c(Cl)cc4OC)c(Cl)c3)cc2Cl)C(C)=O)c(OC)cc1Cl. The van der Waals surface area contributed by atoms with Crippen LogP contribution in [-0.2, 0) is 19.2 Å². The molecule has 14 nitrogen and oxygen atoms in total. The van der Waals surface area contributed by atoms with Crippen LogP contribution in [0.4, 0.5) is 22.7 Å². The molecule has 0 fully saturated rings. The van der Waals surface area contributed by atoms with Crippen LogP contribution in [0.3, 0.4) is 0 Å². The number of benzene rings is 4. The maximum absolute atomic E-state index is 13.1. The van der Waals surface area contributed by atoms with Crippen molar-refractivity contribution in [3.05, 3.63) is 80.8 Å². The second-order valence-electron chi connectivity index (χ2n) is 11.1. The molecule has 0 bridgehead atoms. The van der Waals surface area contributed by atoms with Gasteiger partial charge in [0, 0.05) is 24.3 Å². The summed E-state index contributed by atoms with van der Waals surface area (Å²) in [7, 11) is 5.61. The fraction of sp³-hybridized carbons (Fsp3) is 0.222. The maximum atomic E-state index is 13.1. The molecular formula is C36H32Cl4N6O8. The van der Waals surface area contributed by atoms with Gasteiger partial charge in [-0.1, -0.05) is 58.5 Å². The second kappa shape index (κ2) is 18.7. The van der Waals surface area contributed by atoms with E-state index in [9.17, 15) is 19.2 Å². The molecule has 2 atom stereocenters. The van der Waals surface area contributed by atoms with Crippen molar-refractivity contribution in [2.24, 2.45) is 20.5 Å². The molecule has 4 aromatic carbocycles. The number of methoxy groups -OCH3 is 4. The lowest BCUT2D eigenvalue weighted by Gasteiger charge is -2.15. The van der Waals surface area contributed by atoms with Crippen LogP contribution in [0.1, 0.15) is 13.8 Å². The molecule has 4 aromatic rings. The van der Waals surface area contributed by atoms with Crippen molar-refractivity contribution < 1.29 is 38.1 Å². The predicted octanol–water partition coefficient (Wildman–Crippen LogP) is 9.36. The number of amides is 2. The van der Waals surface area contributed by atoms with E-state index in [1.165, 1.54) is 66.6 Å². The molecule has 0 aromatic heterocycles. The standard InChI is InChI=1S/C36H32Cl4N6O8/c1-17(47)33(35(49)41-27-15-29(51-3)23(39)13-31(27)53-5)45-43-25-9-7-19(11-21(25)37)20-8-10-26(22(38)12-20)44-46-34(18(2)48)36(50)42-28-16-30(52-4)24(40)14-32(28)54-6/h7-16,33-34H,1-6H3,(H,41,49)(H,42,50)/t33-,34-/m1/s1. The first kappa shape index (κ1) is 41.5. The van der Waals surface area contributed by atoms with Crippen LogP contribution in [0.25, 0.3) is 11.1 Å². The van der Waals surface area contributed by atoms with Crippen molar-refractivity contribution in [1.29, 1.82) is 0 Å². The first-order valence-electron chi connectivity index (χ1n) is 15.6. The van der Waals surface area contributed by atoms with Crippen LogP contribution < -0.4 is 29.6 Å². The summed E-state index contributed by atoms with van der Waals surface area (Å²) in [5, 5.41) is 22.1. The van der Waals surface area contributed by atoms with Gasteiger partial charge < -0.3 is 29.6 Å². The highest BCUT2D eigenvalue weighted by atomic mass is 35.5. The number of anilines is 2. The summed E-state index contributed by atoms with van der Waals surface area (Å²) in [5.41, 5.74) is 2.04. The predicted molar refractivity (Wildman–Crippen MR) is 206 cm³/mol. The number of halogens is 4. The van der Waals surface area contributed by atoms with E-state index in [2.05, 4.69) is 31.1 Å². The van der Waals surface area contributed by atoms with Gasteiger partial charge >= 0.3 is 0 Å². The van der Waals surface area contributed by atoms with Gasteiger partial charge in [0.15, 0.2) is 11.6 Å². The Hall–Kier alpha value is -5.28. The Kier molecular flexibility index (Phi) is 14.3. The Morgan fingerprint density at radius 3 is 1.17 bits per heavy atom. The Labute approximate surface area is 329 Å². The van der Waals surface area contributed by atoms with E-state index in [0.717, 1.165) is 0 Å². The van der Waals surface area contributed by atoms with E-state index in [4.69, 9.17) is 65.4 Å². The Balaban J connectivity index is 1.50. The first-order valence-corrected chi connectivity index (χ1v) is 17.1. The topological polar surface area (TPSA) is 179 Å². The fourth-order valence-electron chi connectivity index (χ4n) is 4.73. The molecule has 0 aliphatic carbocycles. The number of carbonyl (C=O) groups is 4. The third kappa shape index (κ3) is 10.0. The van der Waals surface area contributed by atoms with Crippen molar-refractivity contribution >= 4 is 92.5 Å². The highest BCUT2D eigenvalue weighted by Gasteiger charge is 2.26. The molecule has 0 saturated heterocycles. The van der Waals surface area contributed by atoms with Crippen LogP contribution in [0.15, 0.2) is 81.1 Å². The van der Waals surface area contributed by atoms with Gasteiger partial charge in [-0.05, 0) is 49.2 Å². The summed E-state index contributed by atoms with van der Waals surface area (Å²) in [6, 6.07) is 12.4. The zero-order valence-electron chi connectivity index (χ0n) is 29.5. The molecule has 0 heterocycles. The number of Topliss-reactive ketones (excluding diaryl/α,β-unsaturated/α-hetero) is 2. The molecule has 0 aliphatic rings. The lowest BCUT2D eigenvalue weighted by atomic mass is 10.0. The van der Waals surface area contributed by atoms with Crippen molar-refractivity contribution in [2.45, 2.75) is 25.9 Å². The number of hydrogen-bond acceptors (Lipinski definition) is 12. The van der Waals surface area contributed by atoms with Gasteiger partial charge in [-0.3, -0.25) is 19.2 Å². The molecule has 0 aliphatic heterocycles. The fourth-order valence-corrected chi connectivity index (χ4v) is 5.63. The van der Waals surface area contributed by atoms with E-state index in [-0.39, 0.29) is 65.8 Å². The molecule has 282 valence electrons. The van der Waals surface area contributed by atoms with Gasteiger partial charge in [0.05, 0.1) is 59.9 Å². The summed E-state index contributed by atoms with van der Waals surface area (Å²) in [6.45, 7) is 2.40. The summed E-state index contributed by atoms with van der Waals surface area (Å²) in [6.07, 6.45) is 0. The number of ether oxygens (including phenoxy) is 4. The minimum absolute atomic E-state index is 0.160. The van der Waals surface area contributed by atoms with Crippen molar-refractivity contribution in [3.8, 4) is 34.1 Å². The van der Waals surface area contributed by atoms with Crippen molar-refractivity contribution in [3.63, 3.8) is 0 Å². The van der Waals surface area contributed by atoms with Crippen LogP contribution in [-0.4, -0.2) is 63.9 Å². The Bertz CT molecular complexity index is 2010. The van der Waals surface area contributed by atoms with E-state index in [0.29, 0.717) is 11.1 Å². The number of rotatable bonds is 15. The number of ketones is 2. The van der Waals surface area contributed by atoms with Crippen LogP contribution in [0.5, 0.6) is 23.0 Å². The summed E-state index contributed by atoms with van der Waals surface area (Å²) in [4.78, 5) is 50.9. The smallest absolute Gasteiger partial charge is 0.258 e. The Morgan fingerprint density at radius 2 is 0.870 bits per heavy atom. The van der Waals surface area contributed by atoms with E-state index in [1.807, 2.05) is 0 Å². The minimum Gasteiger partial charge on any atom is -0.495 e. The number of hydrogen-bond donors (Lipinski definition) is 2. The molecule has 54 heavy (non-hydrogen) atoms. The quantitative estimate of drug-likeness (QED) is 0.0880. The molecule has 2 amide bonds. The molecule has 4 rings (SSSR count). The summed E-state index contributed by atoms with van der Waals surface area (Å²) in [5.74, 6) is -1.66. The lowest BCUT2D eigenvalue weighted by Crippen LogP contribution is -2.32. The van der Waals surface area contributed by atoms with Crippen LogP contribution in [0, 0.1) is 0 Å². The zero-order chi connectivity index (χ0) is 39.7. The maximum Gasteiger partial charge on any atom is 0.258 e. The molecule has 0 unspecified atom stereocenters. The van der Waals surface area contributed by atoms with Gasteiger partial charge in [-0.15, -0.1) is 0 Å². The average Bonchev–Trinajstić information content (AvgIpc) is 3.13. The van der Waals surface area contributed by atoms with E-state index >= 15 is 0 Å². The number of nitrogens with zero attached hydrogens (tertiary/aromatic N) is 4. The third-order valence-corrected chi connectivity index (χ3v) is 8.72. The van der Waals surface area contributed by atoms with Gasteiger partial charge in [-0.2, -0.15) is 20.5 Å². The van der Waals surface area contributed by atoms with Gasteiger partial charge in [-0.25, -0.2) is 0 Å². The van der Waals surface area contributed by atoms with Gasteiger partial charge in [0.25, 0.3) is 11.8 Å². The van der Waals surface area contributed by atoms with Crippen molar-refractivity contribution in [2.75, 3.05) is 39.1 Å². The molecule has 0 saturated carbocycles. The van der Waals surface area contributed by atoms with E-state index in [1.54, 1.807) is 36.4 Å². The minimum atomic E-state index is -1.51. The monoisotopic (exact) mass is 816 g/mol. The van der Waals surface area contributed by atoms with Gasteiger partial charge in [0.1, 0.15) is 34.4 Å². The van der Waals surface area contributed by atoms with Crippen LogP contribution >= 0.6 is 46.4 Å². The normalized spacial score (nSPS) is 12.3. The number of nitrogens with one attached hydrogen (secondary N) is 2. The third-order valence-electron chi connectivity index (χ3n) is 7.52. The van der Waals surface area contributed by atoms with Crippen LogP contribution in [0.2, 0.25) is 20.1 Å². The molecular weight excluding hydrogens is 786 g/mol. The molecule has 0 spiro atoms. The highest BCUT2D eigenvalue weighted by molar-refractivity contribution is 6.34. The molecule has 0 radical (unpaired) electrons. The largest absolute Gasteiger partial charge is 0.495 e. The van der Waals surface area contributed by atoms with Crippen molar-refractivity contribution in [1.82, 2.24) is 0 Å². The first-order chi connectivity index (χ1) is 25.7. The number of carbonyl (C=O) groups excluding carboxylic acids is 4.